The molecule has 2 aromatic carbocycles. The first-order chi connectivity index (χ1) is 10.2. The standard InChI is InChI=1S/C17H17N3O/c1-11-2-3-12-10-20(17(21)14(12)8-11)13-4-5-15-16(9-13)19-7-6-18-15/h2-5,8-9,18-19H,6-7,10H2,1H3. The molecule has 2 N–H and O–H groups in total. The second-order valence-electron chi connectivity index (χ2n) is 5.64. The molecule has 0 aliphatic carbocycles. The molecule has 4 nitrogen and oxygen atoms in total. The zero-order chi connectivity index (χ0) is 14.4. The number of aryl methyl sites for hydroxylation is 1. The summed E-state index contributed by atoms with van der Waals surface area (Å²) in [6.07, 6.45) is 0. The Bertz CT molecular complexity index is 739. The van der Waals surface area contributed by atoms with Crippen LogP contribution < -0.4 is 15.5 Å². The molecule has 0 radical (unpaired) electrons. The van der Waals surface area contributed by atoms with Gasteiger partial charge in [0.15, 0.2) is 0 Å². The highest BCUT2D eigenvalue weighted by atomic mass is 16.2. The van der Waals surface area contributed by atoms with Crippen LogP contribution in [0.25, 0.3) is 0 Å². The summed E-state index contributed by atoms with van der Waals surface area (Å²) in [6.45, 7) is 4.51. The van der Waals surface area contributed by atoms with E-state index in [1.165, 1.54) is 0 Å². The number of hydrogen-bond acceptors (Lipinski definition) is 3. The maximum Gasteiger partial charge on any atom is 0.258 e. The van der Waals surface area contributed by atoms with Gasteiger partial charge in [0.1, 0.15) is 0 Å². The number of amides is 1. The smallest absolute Gasteiger partial charge is 0.258 e. The van der Waals surface area contributed by atoms with E-state index in [0.717, 1.165) is 46.8 Å². The van der Waals surface area contributed by atoms with Crippen LogP contribution in [0.15, 0.2) is 36.4 Å². The van der Waals surface area contributed by atoms with Crippen molar-refractivity contribution in [1.29, 1.82) is 0 Å². The van der Waals surface area contributed by atoms with Gasteiger partial charge in [-0.15, -0.1) is 0 Å². The number of nitrogens with zero attached hydrogens (tertiary/aromatic N) is 1. The van der Waals surface area contributed by atoms with Crippen LogP contribution in [0, 0.1) is 6.92 Å². The topological polar surface area (TPSA) is 44.4 Å². The Morgan fingerprint density at radius 2 is 1.81 bits per heavy atom. The molecule has 0 spiro atoms. The molecule has 0 aromatic heterocycles. The molecular formula is C17H17N3O. The van der Waals surface area contributed by atoms with Gasteiger partial charge in [0.05, 0.1) is 17.9 Å². The van der Waals surface area contributed by atoms with E-state index < -0.39 is 0 Å². The van der Waals surface area contributed by atoms with Gasteiger partial charge in [-0.05, 0) is 36.8 Å². The maximum atomic E-state index is 12.6. The van der Waals surface area contributed by atoms with Crippen LogP contribution >= 0.6 is 0 Å². The third-order valence-corrected chi connectivity index (χ3v) is 4.14. The van der Waals surface area contributed by atoms with Crippen LogP contribution in [0.2, 0.25) is 0 Å². The van der Waals surface area contributed by atoms with Crippen LogP contribution in [0.1, 0.15) is 21.5 Å². The van der Waals surface area contributed by atoms with Crippen molar-refractivity contribution in [3.05, 3.63) is 53.1 Å². The molecule has 0 saturated carbocycles. The van der Waals surface area contributed by atoms with Gasteiger partial charge in [0.25, 0.3) is 5.91 Å². The van der Waals surface area contributed by atoms with Crippen molar-refractivity contribution in [2.45, 2.75) is 13.5 Å². The Labute approximate surface area is 123 Å². The van der Waals surface area contributed by atoms with Gasteiger partial charge in [0.2, 0.25) is 0 Å². The highest BCUT2D eigenvalue weighted by molar-refractivity contribution is 6.10. The van der Waals surface area contributed by atoms with Crippen molar-refractivity contribution >= 4 is 23.0 Å². The fourth-order valence-corrected chi connectivity index (χ4v) is 3.02. The molecule has 0 saturated heterocycles. The van der Waals surface area contributed by atoms with Crippen molar-refractivity contribution in [3.63, 3.8) is 0 Å². The average molecular weight is 279 g/mol. The highest BCUT2D eigenvalue weighted by Crippen LogP contribution is 2.34. The lowest BCUT2D eigenvalue weighted by molar-refractivity contribution is 0.0996. The van der Waals surface area contributed by atoms with E-state index in [1.807, 2.05) is 30.0 Å². The normalized spacial score (nSPS) is 16.0. The van der Waals surface area contributed by atoms with E-state index in [1.54, 1.807) is 0 Å². The Morgan fingerprint density at radius 3 is 2.67 bits per heavy atom. The third-order valence-electron chi connectivity index (χ3n) is 4.14. The fraction of sp³-hybridized carbons (Fsp3) is 0.235. The lowest BCUT2D eigenvalue weighted by Crippen LogP contribution is -2.24. The molecular weight excluding hydrogens is 262 g/mol. The van der Waals surface area contributed by atoms with Crippen LogP contribution in [0.4, 0.5) is 17.1 Å². The monoisotopic (exact) mass is 279 g/mol. The van der Waals surface area contributed by atoms with Crippen molar-refractivity contribution in [1.82, 2.24) is 0 Å². The van der Waals surface area contributed by atoms with Gasteiger partial charge in [-0.25, -0.2) is 0 Å². The Morgan fingerprint density at radius 1 is 1.00 bits per heavy atom. The van der Waals surface area contributed by atoms with Gasteiger partial charge >= 0.3 is 0 Å². The minimum absolute atomic E-state index is 0.0948. The number of fused-ring (bicyclic) bond motifs is 2. The predicted octanol–water partition coefficient (Wildman–Crippen LogP) is 2.99. The van der Waals surface area contributed by atoms with E-state index in [4.69, 9.17) is 0 Å². The number of carbonyl (C=O) groups is 1. The molecule has 1 amide bonds. The number of benzene rings is 2. The number of rotatable bonds is 1. The summed E-state index contributed by atoms with van der Waals surface area (Å²) >= 11 is 0. The zero-order valence-electron chi connectivity index (χ0n) is 11.9. The minimum Gasteiger partial charge on any atom is -0.382 e. The number of carbonyl (C=O) groups excluding carboxylic acids is 1. The van der Waals surface area contributed by atoms with Gasteiger partial charge in [-0.2, -0.15) is 0 Å². The highest BCUT2D eigenvalue weighted by Gasteiger charge is 2.28. The molecule has 21 heavy (non-hydrogen) atoms. The summed E-state index contributed by atoms with van der Waals surface area (Å²) in [5, 5.41) is 6.72. The molecule has 2 heterocycles. The zero-order valence-corrected chi connectivity index (χ0v) is 11.9. The molecule has 4 heteroatoms. The van der Waals surface area contributed by atoms with Crippen LogP contribution in [-0.4, -0.2) is 19.0 Å². The van der Waals surface area contributed by atoms with Gasteiger partial charge in [-0.1, -0.05) is 17.7 Å². The van der Waals surface area contributed by atoms with Crippen LogP contribution in [-0.2, 0) is 6.54 Å². The van der Waals surface area contributed by atoms with E-state index in [9.17, 15) is 4.79 Å². The van der Waals surface area contributed by atoms with Crippen molar-refractivity contribution in [3.8, 4) is 0 Å². The van der Waals surface area contributed by atoms with Crippen LogP contribution in [0.3, 0.4) is 0 Å². The lowest BCUT2D eigenvalue weighted by atomic mass is 10.1. The number of hydrogen-bond donors (Lipinski definition) is 2. The lowest BCUT2D eigenvalue weighted by Gasteiger charge is -2.23. The molecule has 2 aliphatic rings. The average Bonchev–Trinajstić information content (AvgIpc) is 2.84. The van der Waals surface area contributed by atoms with Gasteiger partial charge in [-0.3, -0.25) is 4.79 Å². The van der Waals surface area contributed by atoms with E-state index in [2.05, 4.69) is 28.8 Å². The summed E-state index contributed by atoms with van der Waals surface area (Å²) in [5.41, 5.74) is 6.18. The van der Waals surface area contributed by atoms with E-state index in [-0.39, 0.29) is 5.91 Å². The van der Waals surface area contributed by atoms with Crippen molar-refractivity contribution < 1.29 is 4.79 Å². The quantitative estimate of drug-likeness (QED) is 0.843. The molecule has 4 rings (SSSR count). The molecule has 2 aliphatic heterocycles. The van der Waals surface area contributed by atoms with Gasteiger partial charge in [0, 0.05) is 24.3 Å². The number of anilines is 3. The summed E-state index contributed by atoms with van der Waals surface area (Å²) in [5.74, 6) is 0.0948. The summed E-state index contributed by atoms with van der Waals surface area (Å²) in [7, 11) is 0. The first kappa shape index (κ1) is 12.3. The Kier molecular flexibility index (Phi) is 2.64. The SMILES string of the molecule is Cc1ccc2c(c1)C(=O)N(c1ccc3c(c1)NCCN3)C2. The number of nitrogens with one attached hydrogen (secondary N) is 2. The minimum atomic E-state index is 0.0948. The Balaban J connectivity index is 1.71. The maximum absolute atomic E-state index is 12.6. The second kappa shape index (κ2) is 4.52. The Hall–Kier alpha value is -2.49. The van der Waals surface area contributed by atoms with Crippen molar-refractivity contribution in [2.75, 3.05) is 28.6 Å². The van der Waals surface area contributed by atoms with Crippen LogP contribution in [0.5, 0.6) is 0 Å². The largest absolute Gasteiger partial charge is 0.382 e. The first-order valence-corrected chi connectivity index (χ1v) is 7.25. The summed E-state index contributed by atoms with van der Waals surface area (Å²) in [6, 6.07) is 12.2. The summed E-state index contributed by atoms with van der Waals surface area (Å²) < 4.78 is 0. The van der Waals surface area contributed by atoms with Gasteiger partial charge < -0.3 is 15.5 Å². The first-order valence-electron chi connectivity index (χ1n) is 7.25. The molecule has 2 aromatic rings. The molecule has 106 valence electrons. The molecule has 0 bridgehead atoms. The molecule has 0 fully saturated rings. The third kappa shape index (κ3) is 1.95. The second-order valence-corrected chi connectivity index (χ2v) is 5.64. The predicted molar refractivity (Wildman–Crippen MR) is 85.1 cm³/mol. The molecule has 0 atom stereocenters. The van der Waals surface area contributed by atoms with Crippen molar-refractivity contribution in [2.24, 2.45) is 0 Å². The summed E-state index contributed by atoms with van der Waals surface area (Å²) in [4.78, 5) is 14.5. The van der Waals surface area contributed by atoms with E-state index >= 15 is 0 Å². The molecule has 0 unspecified atom stereocenters. The van der Waals surface area contributed by atoms with E-state index in [0.29, 0.717) is 6.54 Å². The fourth-order valence-electron chi connectivity index (χ4n) is 3.02.